The van der Waals surface area contributed by atoms with E-state index in [9.17, 15) is 14.0 Å². The average molecular weight is 357 g/mol. The van der Waals surface area contributed by atoms with Crippen LogP contribution in [0.4, 0.5) is 4.39 Å². The van der Waals surface area contributed by atoms with Crippen molar-refractivity contribution in [2.75, 3.05) is 6.61 Å². The molecule has 1 atom stereocenters. The van der Waals surface area contributed by atoms with Crippen molar-refractivity contribution < 1.29 is 18.7 Å². The van der Waals surface area contributed by atoms with E-state index in [0.29, 0.717) is 23.3 Å². The van der Waals surface area contributed by atoms with Gasteiger partial charge in [-0.25, -0.2) is 9.18 Å². The molecule has 0 amide bonds. The monoisotopic (exact) mass is 357 g/mol. The molecule has 1 heterocycles. The summed E-state index contributed by atoms with van der Waals surface area (Å²) in [5, 5.41) is 3.27. The molecule has 5 heteroatoms. The van der Waals surface area contributed by atoms with Crippen molar-refractivity contribution in [1.82, 2.24) is 5.32 Å². The van der Waals surface area contributed by atoms with E-state index in [1.54, 1.807) is 19.1 Å². The van der Waals surface area contributed by atoms with E-state index in [0.717, 1.165) is 17.7 Å². The van der Waals surface area contributed by atoms with Gasteiger partial charge in [-0.3, -0.25) is 4.79 Å². The zero-order valence-electron chi connectivity index (χ0n) is 15.6. The number of Topliss-reactive ketones (excluding diaryl/α,β-unsaturated/α-hetero) is 1. The number of carbonyl (C=O) groups excluding carboxylic acids is 2. The van der Waals surface area contributed by atoms with Gasteiger partial charge in [0.15, 0.2) is 5.78 Å². The largest absolute Gasteiger partial charge is 0.463 e. The summed E-state index contributed by atoms with van der Waals surface area (Å²) >= 11 is 0. The molecule has 1 N–H and O–H groups in total. The zero-order valence-corrected chi connectivity index (χ0v) is 15.6. The molecule has 0 spiro atoms. The minimum Gasteiger partial charge on any atom is -0.463 e. The van der Waals surface area contributed by atoms with Crippen LogP contribution in [-0.2, 0) is 14.3 Å². The van der Waals surface area contributed by atoms with Gasteiger partial charge >= 0.3 is 5.97 Å². The third-order valence-electron chi connectivity index (χ3n) is 4.94. The van der Waals surface area contributed by atoms with Crippen molar-refractivity contribution in [2.45, 2.75) is 46.5 Å². The van der Waals surface area contributed by atoms with Crippen LogP contribution in [0, 0.1) is 11.2 Å². The Hall–Kier alpha value is -2.43. The third kappa shape index (κ3) is 3.30. The minimum absolute atomic E-state index is 0.0207. The number of hydrogen-bond donors (Lipinski definition) is 1. The molecule has 4 nitrogen and oxygen atoms in total. The van der Waals surface area contributed by atoms with Crippen LogP contribution in [0.2, 0.25) is 0 Å². The van der Waals surface area contributed by atoms with Crippen LogP contribution in [0.15, 0.2) is 46.8 Å². The van der Waals surface area contributed by atoms with Gasteiger partial charge in [-0.2, -0.15) is 0 Å². The topological polar surface area (TPSA) is 55.4 Å². The van der Waals surface area contributed by atoms with E-state index in [1.807, 2.05) is 6.92 Å². The molecule has 0 bridgehead atoms. The summed E-state index contributed by atoms with van der Waals surface area (Å²) in [6.45, 7) is 7.93. The summed E-state index contributed by atoms with van der Waals surface area (Å²) in [7, 11) is 0. The quantitative estimate of drug-likeness (QED) is 0.831. The Morgan fingerprint density at radius 1 is 1.27 bits per heavy atom. The van der Waals surface area contributed by atoms with E-state index in [2.05, 4.69) is 19.2 Å². The Labute approximate surface area is 153 Å². The number of carbonyl (C=O) groups is 2. The summed E-state index contributed by atoms with van der Waals surface area (Å²) in [6.07, 6.45) is 1.14. The van der Waals surface area contributed by atoms with Crippen LogP contribution >= 0.6 is 0 Å². The highest BCUT2D eigenvalue weighted by molar-refractivity contribution is 6.04. The fourth-order valence-electron chi connectivity index (χ4n) is 3.90. The average Bonchev–Trinajstić information content (AvgIpc) is 2.53. The number of rotatable bonds is 3. The molecule has 2 aliphatic rings. The van der Waals surface area contributed by atoms with Crippen molar-refractivity contribution in [3.8, 4) is 0 Å². The predicted molar refractivity (Wildman–Crippen MR) is 96.7 cm³/mol. The van der Waals surface area contributed by atoms with E-state index in [4.69, 9.17) is 4.74 Å². The summed E-state index contributed by atoms with van der Waals surface area (Å²) in [6, 6.07) is 5.98. The molecule has 0 radical (unpaired) electrons. The van der Waals surface area contributed by atoms with Gasteiger partial charge in [-0.15, -0.1) is 0 Å². The second-order valence-corrected chi connectivity index (χ2v) is 7.70. The summed E-state index contributed by atoms with van der Waals surface area (Å²) in [5.41, 5.74) is 3.14. The smallest absolute Gasteiger partial charge is 0.336 e. The fraction of sp³-hybridized carbons (Fsp3) is 0.429. The first-order valence-corrected chi connectivity index (χ1v) is 8.90. The van der Waals surface area contributed by atoms with Crippen molar-refractivity contribution in [2.24, 2.45) is 5.41 Å². The maximum Gasteiger partial charge on any atom is 0.336 e. The van der Waals surface area contributed by atoms with Crippen LogP contribution in [0.25, 0.3) is 0 Å². The number of allylic oxidation sites excluding steroid dienone is 3. The Bertz CT molecular complexity index is 818. The van der Waals surface area contributed by atoms with E-state index in [-0.39, 0.29) is 23.6 Å². The molecule has 0 fully saturated rings. The Kier molecular flexibility index (Phi) is 4.74. The molecule has 1 aliphatic carbocycles. The molecule has 0 saturated carbocycles. The van der Waals surface area contributed by atoms with Gasteiger partial charge in [0.25, 0.3) is 0 Å². The number of dihydropyridines is 1. The predicted octanol–water partition coefficient (Wildman–Crippen LogP) is 3.99. The number of ether oxygens (including phenoxy) is 1. The second-order valence-electron chi connectivity index (χ2n) is 7.70. The minimum atomic E-state index is -0.533. The molecular formula is C21H24FNO3. The standard InChI is InChI=1S/C21H24FNO3/c1-5-26-20(25)17-12(2)23-15-10-21(3,4)11-16(24)19(15)18(17)13-6-8-14(22)9-7-13/h6-9,18,23H,5,10-11H2,1-4H3/t18-/m1/s1. The first-order valence-electron chi connectivity index (χ1n) is 8.90. The maximum atomic E-state index is 13.4. The van der Waals surface area contributed by atoms with Crippen LogP contribution in [0.5, 0.6) is 0 Å². The lowest BCUT2D eigenvalue weighted by Crippen LogP contribution is -2.38. The summed E-state index contributed by atoms with van der Waals surface area (Å²) < 4.78 is 18.7. The number of ketones is 1. The Balaban J connectivity index is 2.17. The second kappa shape index (κ2) is 6.71. The van der Waals surface area contributed by atoms with Crippen molar-refractivity contribution in [3.05, 3.63) is 58.2 Å². The molecular weight excluding hydrogens is 333 g/mol. The Morgan fingerprint density at radius 3 is 2.54 bits per heavy atom. The molecule has 0 aromatic heterocycles. The van der Waals surface area contributed by atoms with Crippen molar-refractivity contribution >= 4 is 11.8 Å². The number of hydrogen-bond acceptors (Lipinski definition) is 4. The molecule has 1 aliphatic heterocycles. The van der Waals surface area contributed by atoms with Gasteiger partial charge in [-0.1, -0.05) is 26.0 Å². The van der Waals surface area contributed by atoms with E-state index >= 15 is 0 Å². The highest BCUT2D eigenvalue weighted by atomic mass is 19.1. The number of halogens is 1. The SMILES string of the molecule is CCOC(=O)C1=C(C)NC2=C(C(=O)CC(C)(C)C2)[C@@H]1c1ccc(F)cc1. The normalized spacial score (nSPS) is 22.0. The maximum absolute atomic E-state index is 13.4. The van der Waals surface area contributed by atoms with E-state index < -0.39 is 11.9 Å². The summed E-state index contributed by atoms with van der Waals surface area (Å²) in [4.78, 5) is 25.6. The number of benzene rings is 1. The van der Waals surface area contributed by atoms with Gasteiger partial charge in [0, 0.05) is 29.3 Å². The van der Waals surface area contributed by atoms with Crippen molar-refractivity contribution in [3.63, 3.8) is 0 Å². The Morgan fingerprint density at radius 2 is 1.92 bits per heavy atom. The zero-order chi connectivity index (χ0) is 19.1. The molecule has 3 rings (SSSR count). The van der Waals surface area contributed by atoms with E-state index in [1.165, 1.54) is 12.1 Å². The lowest BCUT2D eigenvalue weighted by molar-refractivity contribution is -0.138. The highest BCUT2D eigenvalue weighted by Crippen LogP contribution is 2.46. The van der Waals surface area contributed by atoms with Gasteiger partial charge in [0.2, 0.25) is 0 Å². The van der Waals surface area contributed by atoms with Gasteiger partial charge < -0.3 is 10.1 Å². The highest BCUT2D eigenvalue weighted by Gasteiger charge is 2.43. The van der Waals surface area contributed by atoms with Gasteiger partial charge in [-0.05, 0) is 43.4 Å². The van der Waals surface area contributed by atoms with Gasteiger partial charge in [0.1, 0.15) is 5.82 Å². The molecule has 1 aromatic rings. The molecule has 0 saturated heterocycles. The summed E-state index contributed by atoms with van der Waals surface area (Å²) in [5.74, 6) is -1.32. The van der Waals surface area contributed by atoms with Gasteiger partial charge in [0.05, 0.1) is 12.2 Å². The number of nitrogens with one attached hydrogen (secondary N) is 1. The van der Waals surface area contributed by atoms with Crippen LogP contribution in [0.3, 0.4) is 0 Å². The molecule has 1 aromatic carbocycles. The lowest BCUT2D eigenvalue weighted by Gasteiger charge is -2.39. The molecule has 138 valence electrons. The van der Waals surface area contributed by atoms with Crippen LogP contribution in [0.1, 0.15) is 52.0 Å². The first-order chi connectivity index (χ1) is 12.2. The van der Waals surface area contributed by atoms with Crippen LogP contribution < -0.4 is 5.32 Å². The van der Waals surface area contributed by atoms with Crippen molar-refractivity contribution in [1.29, 1.82) is 0 Å². The third-order valence-corrected chi connectivity index (χ3v) is 4.94. The number of esters is 1. The molecule has 26 heavy (non-hydrogen) atoms. The van der Waals surface area contributed by atoms with Crippen LogP contribution in [-0.4, -0.2) is 18.4 Å². The lowest BCUT2D eigenvalue weighted by atomic mass is 9.68. The first kappa shape index (κ1) is 18.4. The fourth-order valence-corrected chi connectivity index (χ4v) is 3.90. The molecule has 0 unspecified atom stereocenters.